The van der Waals surface area contributed by atoms with Gasteiger partial charge in [0.2, 0.25) is 6.10 Å². The van der Waals surface area contributed by atoms with E-state index in [1.165, 1.54) is 0 Å². The van der Waals surface area contributed by atoms with Gasteiger partial charge < -0.3 is 15.3 Å². The van der Waals surface area contributed by atoms with Gasteiger partial charge in [-0.15, -0.1) is 0 Å². The van der Waals surface area contributed by atoms with Gasteiger partial charge in [-0.05, 0) is 4.89 Å². The van der Waals surface area contributed by atoms with Crippen LogP contribution in [0.15, 0.2) is 0 Å². The van der Waals surface area contributed by atoms with E-state index >= 15 is 0 Å². The predicted molar refractivity (Wildman–Crippen MR) is 44.2 cm³/mol. The summed E-state index contributed by atoms with van der Waals surface area (Å²) in [6.07, 6.45) is -6.39. The molecule has 8 nitrogen and oxygen atoms in total. The molecular formula is C6H11O8S+. The summed E-state index contributed by atoms with van der Waals surface area (Å²) >= 11 is 0. The zero-order valence-electron chi connectivity index (χ0n) is 7.42. The first-order valence-corrected chi connectivity index (χ1v) is 5.80. The highest BCUT2D eigenvalue weighted by molar-refractivity contribution is 7.85. The van der Waals surface area contributed by atoms with Crippen LogP contribution in [0.2, 0.25) is 0 Å². The third-order valence-corrected chi connectivity index (χ3v) is 3.18. The van der Waals surface area contributed by atoms with Gasteiger partial charge in [-0.2, -0.15) is 12.9 Å². The van der Waals surface area contributed by atoms with Crippen molar-refractivity contribution in [1.29, 1.82) is 0 Å². The molecule has 2 saturated heterocycles. The van der Waals surface area contributed by atoms with E-state index in [0.29, 0.717) is 0 Å². The van der Waals surface area contributed by atoms with Crippen LogP contribution in [0, 0.1) is 0 Å². The van der Waals surface area contributed by atoms with Crippen LogP contribution in [0.1, 0.15) is 0 Å². The van der Waals surface area contributed by atoms with E-state index in [0.717, 1.165) is 0 Å². The Morgan fingerprint density at radius 3 is 2.27 bits per heavy atom. The van der Waals surface area contributed by atoms with E-state index in [1.807, 2.05) is 4.52 Å². The minimum Gasteiger partial charge on any atom is -0.387 e. The number of hydrogen-bond donors (Lipinski definition) is 4. The molecule has 0 bridgehead atoms. The van der Waals surface area contributed by atoms with Crippen molar-refractivity contribution in [3.05, 3.63) is 0 Å². The molecule has 2 aliphatic rings. The van der Waals surface area contributed by atoms with Gasteiger partial charge in [-0.1, -0.05) is 0 Å². The summed E-state index contributed by atoms with van der Waals surface area (Å²) in [6, 6.07) is 0. The number of fused-ring (bicyclic) bond motifs is 1. The molecule has 4 N–H and O–H groups in total. The van der Waals surface area contributed by atoms with Crippen molar-refractivity contribution in [3.8, 4) is 0 Å². The maximum Gasteiger partial charge on any atom is 0.399 e. The van der Waals surface area contributed by atoms with E-state index < -0.39 is 46.6 Å². The van der Waals surface area contributed by atoms with Crippen molar-refractivity contribution in [3.63, 3.8) is 0 Å². The fourth-order valence-corrected chi connectivity index (χ4v) is 2.36. The largest absolute Gasteiger partial charge is 0.399 e. The van der Waals surface area contributed by atoms with Gasteiger partial charge in [0.1, 0.15) is 6.10 Å². The van der Waals surface area contributed by atoms with Gasteiger partial charge in [-0.25, -0.2) is 0 Å². The van der Waals surface area contributed by atoms with Crippen LogP contribution >= 0.6 is 0 Å². The molecule has 15 heavy (non-hydrogen) atoms. The number of aliphatic hydroxyl groups excluding tert-OH is 3. The summed E-state index contributed by atoms with van der Waals surface area (Å²) in [5.74, 6) is -0.793. The third-order valence-electron chi connectivity index (χ3n) is 2.43. The Labute approximate surface area is 85.0 Å². The SMILES string of the molecule is O=S(=O)(O)C[C@@H]1[C@@H](O)[C@H](O)[C@@H](O)[C@@H]2O[O+]12. The van der Waals surface area contributed by atoms with E-state index in [4.69, 9.17) is 9.44 Å². The van der Waals surface area contributed by atoms with Crippen molar-refractivity contribution < 1.29 is 37.7 Å². The molecule has 0 amide bonds. The highest BCUT2D eigenvalue weighted by atomic mass is 32.2. The second kappa shape index (κ2) is 3.35. The lowest BCUT2D eigenvalue weighted by molar-refractivity contribution is -0.259. The zero-order chi connectivity index (χ0) is 11.4. The van der Waals surface area contributed by atoms with Crippen LogP contribution in [0.3, 0.4) is 0 Å². The van der Waals surface area contributed by atoms with Crippen LogP contribution in [0.25, 0.3) is 0 Å². The van der Waals surface area contributed by atoms with Crippen LogP contribution in [0.4, 0.5) is 0 Å². The first-order chi connectivity index (χ1) is 6.81. The molecule has 2 heterocycles. The topological polar surface area (TPSA) is 130 Å². The van der Waals surface area contributed by atoms with Gasteiger partial charge in [0.25, 0.3) is 10.1 Å². The van der Waals surface area contributed by atoms with Crippen LogP contribution in [-0.2, 0) is 19.5 Å². The standard InChI is InChI=1S/C6H10O8S/c7-3-2(1-15(10,11)12)14-6(13-14)5(9)4(3)8/h2-9H,1H2/p+1/t2-,3-,4+,5-,6-/m1/s1. The lowest BCUT2D eigenvalue weighted by Crippen LogP contribution is -2.54. The van der Waals surface area contributed by atoms with Crippen molar-refractivity contribution in [1.82, 2.24) is 0 Å². The normalized spacial score (nSPS) is 46.3. The van der Waals surface area contributed by atoms with Gasteiger partial charge >= 0.3 is 6.29 Å². The smallest absolute Gasteiger partial charge is 0.387 e. The fraction of sp³-hybridized carbons (Fsp3) is 1.00. The average molecular weight is 243 g/mol. The Hall–Kier alpha value is -0.290. The van der Waals surface area contributed by atoms with Crippen LogP contribution in [-0.4, -0.2) is 64.7 Å². The van der Waals surface area contributed by atoms with Gasteiger partial charge in [-0.3, -0.25) is 4.55 Å². The molecule has 0 aromatic heterocycles. The summed E-state index contributed by atoms with van der Waals surface area (Å²) < 4.78 is 31.7. The quantitative estimate of drug-likeness (QED) is 0.178. The Morgan fingerprint density at radius 1 is 1.13 bits per heavy atom. The Morgan fingerprint density at radius 2 is 1.73 bits per heavy atom. The Kier molecular flexibility index (Phi) is 2.50. The lowest BCUT2D eigenvalue weighted by Gasteiger charge is -2.25. The average Bonchev–Trinajstić information content (AvgIpc) is 2.87. The van der Waals surface area contributed by atoms with Crippen molar-refractivity contribution in [2.45, 2.75) is 30.7 Å². The summed E-state index contributed by atoms with van der Waals surface area (Å²) in [7, 11) is -4.30. The second-order valence-electron chi connectivity index (χ2n) is 3.55. The molecule has 2 rings (SSSR count). The molecule has 0 aliphatic carbocycles. The summed E-state index contributed by atoms with van der Waals surface area (Å²) in [6.45, 7) is 0. The second-order valence-corrected chi connectivity index (χ2v) is 5.05. The molecule has 2 fully saturated rings. The van der Waals surface area contributed by atoms with E-state index in [1.54, 1.807) is 0 Å². The lowest BCUT2D eigenvalue weighted by atomic mass is 10.0. The predicted octanol–water partition coefficient (Wildman–Crippen LogP) is -2.84. The third kappa shape index (κ3) is 1.99. The summed E-state index contributed by atoms with van der Waals surface area (Å²) in [5.41, 5.74) is 0. The molecule has 88 valence electrons. The van der Waals surface area contributed by atoms with Gasteiger partial charge in [0, 0.05) is 0 Å². The maximum atomic E-state index is 10.6. The Balaban J connectivity index is 2.13. The molecule has 9 heteroatoms. The van der Waals surface area contributed by atoms with E-state index in [9.17, 15) is 23.7 Å². The molecule has 0 aromatic rings. The number of hydrogen-bond acceptors (Lipinski definition) is 6. The molecular weight excluding hydrogens is 232 g/mol. The summed E-state index contributed by atoms with van der Waals surface area (Å²) in [4.78, 5) is 4.69. The molecule has 0 spiro atoms. The Bertz CT molecular complexity index is 352. The van der Waals surface area contributed by atoms with Crippen LogP contribution in [0.5, 0.6) is 0 Å². The van der Waals surface area contributed by atoms with E-state index in [-0.39, 0.29) is 0 Å². The minimum absolute atomic E-state index is 0.793. The molecule has 2 aliphatic heterocycles. The first kappa shape index (κ1) is 11.2. The zero-order valence-corrected chi connectivity index (χ0v) is 8.24. The van der Waals surface area contributed by atoms with Crippen molar-refractivity contribution in [2.24, 2.45) is 0 Å². The first-order valence-electron chi connectivity index (χ1n) is 4.19. The maximum absolute atomic E-state index is 10.6. The van der Waals surface area contributed by atoms with Crippen LogP contribution < -0.4 is 0 Å². The fourth-order valence-electron chi connectivity index (χ4n) is 1.62. The summed E-state index contributed by atoms with van der Waals surface area (Å²) in [5, 5.41) is 28.0. The van der Waals surface area contributed by atoms with Crippen molar-refractivity contribution >= 4 is 10.1 Å². The molecule has 0 radical (unpaired) electrons. The molecule has 0 aromatic carbocycles. The molecule has 0 unspecified atom stereocenters. The minimum atomic E-state index is -4.30. The van der Waals surface area contributed by atoms with Gasteiger partial charge in [0.15, 0.2) is 18.0 Å². The number of aliphatic hydroxyl groups is 3. The van der Waals surface area contributed by atoms with E-state index in [2.05, 4.69) is 0 Å². The highest BCUT2D eigenvalue weighted by Gasteiger charge is 2.69. The highest BCUT2D eigenvalue weighted by Crippen LogP contribution is 2.41. The molecule has 5 atom stereocenters. The monoisotopic (exact) mass is 243 g/mol. The molecule has 0 saturated carbocycles. The van der Waals surface area contributed by atoms with Crippen molar-refractivity contribution in [2.75, 3.05) is 5.75 Å². The van der Waals surface area contributed by atoms with Gasteiger partial charge in [0.05, 0.1) is 0 Å². The number of rotatable bonds is 2.